The number of aromatic nitrogens is 1. The monoisotopic (exact) mass is 512 g/mol. The summed E-state index contributed by atoms with van der Waals surface area (Å²) < 4.78 is 40.4. The number of pyridine rings is 1. The molecule has 2 aliphatic rings. The van der Waals surface area contributed by atoms with Gasteiger partial charge in [0.15, 0.2) is 0 Å². The first kappa shape index (κ1) is 24.2. The fourth-order valence-electron chi connectivity index (χ4n) is 4.66. The number of amides is 3. The van der Waals surface area contributed by atoms with E-state index in [0.29, 0.717) is 16.8 Å². The molecule has 190 valence electrons. The van der Waals surface area contributed by atoms with Crippen LogP contribution in [0.5, 0.6) is 5.75 Å². The van der Waals surface area contributed by atoms with Crippen LogP contribution in [0.25, 0.3) is 10.9 Å². The van der Waals surface area contributed by atoms with Gasteiger partial charge in [0, 0.05) is 42.7 Å². The molecule has 3 amide bonds. The fourth-order valence-corrected chi connectivity index (χ4v) is 4.66. The van der Waals surface area contributed by atoms with E-state index in [1.165, 1.54) is 11.9 Å². The van der Waals surface area contributed by atoms with E-state index in [4.69, 9.17) is 0 Å². The normalized spacial score (nSPS) is 18.1. The summed E-state index contributed by atoms with van der Waals surface area (Å²) in [6, 6.07) is 6.62. The van der Waals surface area contributed by atoms with Gasteiger partial charge in [-0.15, -0.1) is 0 Å². The highest BCUT2D eigenvalue weighted by atomic mass is 19.4. The number of aromatic hydroxyl groups is 1. The van der Waals surface area contributed by atoms with Crippen LogP contribution in [0.4, 0.5) is 18.9 Å². The van der Waals surface area contributed by atoms with E-state index in [1.54, 1.807) is 18.2 Å². The van der Waals surface area contributed by atoms with Crippen molar-refractivity contribution in [2.75, 3.05) is 0 Å². The van der Waals surface area contributed by atoms with Crippen molar-refractivity contribution >= 4 is 40.5 Å². The van der Waals surface area contributed by atoms with Crippen LogP contribution in [0.1, 0.15) is 39.9 Å². The summed E-state index contributed by atoms with van der Waals surface area (Å²) in [5.41, 5.74) is -0.924. The number of imide groups is 1. The minimum absolute atomic E-state index is 0.0362. The van der Waals surface area contributed by atoms with Gasteiger partial charge in [-0.1, -0.05) is 6.07 Å². The molecule has 0 saturated carbocycles. The quantitative estimate of drug-likeness (QED) is 0.413. The van der Waals surface area contributed by atoms with Gasteiger partial charge in [0.25, 0.3) is 11.5 Å². The summed E-state index contributed by atoms with van der Waals surface area (Å²) >= 11 is 0. The molecule has 1 aromatic heterocycles. The van der Waals surface area contributed by atoms with Crippen molar-refractivity contribution in [1.82, 2.24) is 14.8 Å². The number of benzene rings is 2. The molecular weight excluding hydrogens is 493 g/mol. The van der Waals surface area contributed by atoms with E-state index in [2.05, 4.69) is 10.3 Å². The van der Waals surface area contributed by atoms with Crippen LogP contribution in [0, 0.1) is 0 Å². The lowest BCUT2D eigenvalue weighted by Gasteiger charge is -2.29. The van der Waals surface area contributed by atoms with Gasteiger partial charge in [-0.3, -0.25) is 29.5 Å². The molecule has 5 rings (SSSR count). The number of nitrogens with zero attached hydrogens (tertiary/aromatic N) is 3. The van der Waals surface area contributed by atoms with E-state index in [-0.39, 0.29) is 35.9 Å². The zero-order chi connectivity index (χ0) is 26.6. The van der Waals surface area contributed by atoms with Crippen molar-refractivity contribution in [2.24, 2.45) is 12.0 Å². The summed E-state index contributed by atoms with van der Waals surface area (Å²) in [4.78, 5) is 55.3. The number of halogens is 3. The minimum Gasteiger partial charge on any atom is -0.506 e. The second kappa shape index (κ2) is 8.57. The Kier molecular flexibility index (Phi) is 5.61. The second-order valence-corrected chi connectivity index (χ2v) is 8.82. The predicted octanol–water partition coefficient (Wildman–Crippen LogP) is 2.77. The third-order valence-electron chi connectivity index (χ3n) is 6.62. The number of fused-ring (bicyclic) bond motifs is 2. The molecule has 1 atom stereocenters. The first-order chi connectivity index (χ1) is 17.5. The van der Waals surface area contributed by atoms with Gasteiger partial charge < -0.3 is 14.6 Å². The number of carbonyl (C=O) groups is 3. The van der Waals surface area contributed by atoms with Crippen LogP contribution >= 0.6 is 0 Å². The summed E-state index contributed by atoms with van der Waals surface area (Å²) in [7, 11) is 1.29. The highest BCUT2D eigenvalue weighted by molar-refractivity contribution is 6.06. The summed E-state index contributed by atoms with van der Waals surface area (Å²) in [6.07, 6.45) is -3.22. The van der Waals surface area contributed by atoms with Gasteiger partial charge in [0.2, 0.25) is 11.8 Å². The standard InChI is InChI=1S/C25H19F3N4O5/c1-31-19-9-12(25(26,27)28)5-6-14(19)21(34)15(23(31)36)10-29-17-4-2-3-13-16(17)11-32(24(13)37)18-7-8-20(33)30-22(18)35/h2-6,9-10,18,34H,7-8,11H2,1H3,(H,30,33,35). The molecule has 0 spiro atoms. The van der Waals surface area contributed by atoms with Gasteiger partial charge in [0.05, 0.1) is 16.8 Å². The van der Waals surface area contributed by atoms with Gasteiger partial charge in [-0.2, -0.15) is 13.2 Å². The Bertz CT molecular complexity index is 1590. The highest BCUT2D eigenvalue weighted by Gasteiger charge is 2.39. The minimum atomic E-state index is -4.62. The number of aryl methyl sites for hydroxylation is 1. The molecule has 3 heterocycles. The number of nitrogens with one attached hydrogen (secondary N) is 1. The molecule has 3 aromatic rings. The largest absolute Gasteiger partial charge is 0.506 e. The molecule has 0 aliphatic carbocycles. The molecular formula is C25H19F3N4O5. The fraction of sp³-hybridized carbons (Fsp3) is 0.240. The van der Waals surface area contributed by atoms with Crippen molar-refractivity contribution in [3.8, 4) is 5.75 Å². The number of alkyl halides is 3. The number of hydrogen-bond donors (Lipinski definition) is 2. The molecule has 0 radical (unpaired) electrons. The van der Waals surface area contributed by atoms with E-state index < -0.39 is 46.8 Å². The zero-order valence-corrected chi connectivity index (χ0v) is 19.3. The Hall–Kier alpha value is -4.48. The third kappa shape index (κ3) is 4.03. The van der Waals surface area contributed by atoms with Crippen LogP contribution < -0.4 is 10.9 Å². The van der Waals surface area contributed by atoms with Gasteiger partial charge in [0.1, 0.15) is 17.4 Å². The maximum atomic E-state index is 13.1. The Morgan fingerprint density at radius 3 is 2.59 bits per heavy atom. The van der Waals surface area contributed by atoms with Gasteiger partial charge in [-0.25, -0.2) is 0 Å². The van der Waals surface area contributed by atoms with E-state index in [9.17, 15) is 37.5 Å². The topological polar surface area (TPSA) is 121 Å². The Balaban J connectivity index is 1.51. The summed E-state index contributed by atoms with van der Waals surface area (Å²) in [5, 5.41) is 13.0. The Morgan fingerprint density at radius 2 is 1.89 bits per heavy atom. The van der Waals surface area contributed by atoms with Crippen molar-refractivity contribution in [3.63, 3.8) is 0 Å². The Morgan fingerprint density at radius 1 is 1.14 bits per heavy atom. The number of aliphatic imine (C=N–C) groups is 1. The lowest BCUT2D eigenvalue weighted by molar-refractivity contribution is -0.138. The second-order valence-electron chi connectivity index (χ2n) is 8.82. The first-order valence-corrected chi connectivity index (χ1v) is 11.2. The van der Waals surface area contributed by atoms with E-state index >= 15 is 0 Å². The number of carbonyl (C=O) groups excluding carboxylic acids is 3. The summed E-state index contributed by atoms with van der Waals surface area (Å²) in [6.45, 7) is 0.0515. The molecule has 9 nitrogen and oxygen atoms in total. The van der Waals surface area contributed by atoms with Gasteiger partial charge >= 0.3 is 6.18 Å². The van der Waals surface area contributed by atoms with Crippen LogP contribution in [0.2, 0.25) is 0 Å². The molecule has 2 aromatic carbocycles. The maximum Gasteiger partial charge on any atom is 0.416 e. The van der Waals surface area contributed by atoms with Crippen molar-refractivity contribution < 1.29 is 32.7 Å². The summed E-state index contributed by atoms with van der Waals surface area (Å²) in [5.74, 6) is -1.88. The lowest BCUT2D eigenvalue weighted by atomic mass is 10.0. The maximum absolute atomic E-state index is 13.1. The number of hydrogen-bond acceptors (Lipinski definition) is 6. The molecule has 1 saturated heterocycles. The lowest BCUT2D eigenvalue weighted by Crippen LogP contribution is -2.52. The van der Waals surface area contributed by atoms with E-state index in [1.807, 2.05) is 0 Å². The average Bonchev–Trinajstić information content (AvgIpc) is 3.18. The molecule has 2 N–H and O–H groups in total. The van der Waals surface area contributed by atoms with Gasteiger partial charge in [-0.05, 0) is 36.8 Å². The third-order valence-corrected chi connectivity index (χ3v) is 6.62. The number of rotatable bonds is 3. The molecule has 1 fully saturated rings. The van der Waals surface area contributed by atoms with Crippen LogP contribution in [-0.2, 0) is 29.4 Å². The van der Waals surface area contributed by atoms with Crippen molar-refractivity contribution in [3.05, 3.63) is 69.0 Å². The predicted molar refractivity (Wildman–Crippen MR) is 126 cm³/mol. The van der Waals surface area contributed by atoms with Crippen LogP contribution in [-0.4, -0.2) is 44.6 Å². The number of piperidine rings is 1. The first-order valence-electron chi connectivity index (χ1n) is 11.2. The molecule has 12 heteroatoms. The Labute approximate surface area is 206 Å². The van der Waals surface area contributed by atoms with E-state index in [0.717, 1.165) is 29.0 Å². The highest BCUT2D eigenvalue weighted by Crippen LogP contribution is 2.35. The molecule has 0 bridgehead atoms. The van der Waals surface area contributed by atoms with Crippen molar-refractivity contribution in [2.45, 2.75) is 31.6 Å². The van der Waals surface area contributed by atoms with Crippen LogP contribution in [0.15, 0.2) is 46.2 Å². The zero-order valence-electron chi connectivity index (χ0n) is 19.3. The molecule has 1 unspecified atom stereocenters. The average molecular weight is 512 g/mol. The van der Waals surface area contributed by atoms with Crippen molar-refractivity contribution in [1.29, 1.82) is 0 Å². The SMILES string of the molecule is Cn1c(=O)c(C=Nc2cccc3c2CN(C2CCC(=O)NC2=O)C3=O)c(O)c2ccc(C(F)(F)F)cc21. The molecule has 2 aliphatic heterocycles. The van der Waals surface area contributed by atoms with Crippen LogP contribution in [0.3, 0.4) is 0 Å². The molecule has 37 heavy (non-hydrogen) atoms. The smallest absolute Gasteiger partial charge is 0.416 e.